The van der Waals surface area contributed by atoms with E-state index in [4.69, 9.17) is 0 Å². The lowest BCUT2D eigenvalue weighted by Crippen LogP contribution is -2.45. The van der Waals surface area contributed by atoms with E-state index < -0.39 is 11.6 Å². The van der Waals surface area contributed by atoms with Crippen molar-refractivity contribution in [2.24, 2.45) is 5.92 Å². The van der Waals surface area contributed by atoms with Crippen molar-refractivity contribution in [1.29, 1.82) is 0 Å². The first-order valence-corrected chi connectivity index (χ1v) is 8.04. The highest BCUT2D eigenvalue weighted by molar-refractivity contribution is 9.10. The SMILES string of the molecule is Cl.Fc1ccc(Br)c(F)c1[C@H](CC1CC1)N1CCNCC1. The van der Waals surface area contributed by atoms with Gasteiger partial charge in [0.15, 0.2) is 0 Å². The van der Waals surface area contributed by atoms with Gasteiger partial charge in [-0.05, 0) is 40.4 Å². The Kier molecular flexibility index (Phi) is 6.00. The molecule has 0 unspecified atom stereocenters. The Morgan fingerprint density at radius 1 is 1.24 bits per heavy atom. The van der Waals surface area contributed by atoms with Crippen molar-refractivity contribution in [2.75, 3.05) is 26.2 Å². The molecule has 6 heteroatoms. The topological polar surface area (TPSA) is 15.3 Å². The van der Waals surface area contributed by atoms with Crippen LogP contribution in [0, 0.1) is 17.6 Å². The summed E-state index contributed by atoms with van der Waals surface area (Å²) in [5.74, 6) is -0.225. The van der Waals surface area contributed by atoms with Gasteiger partial charge in [-0.2, -0.15) is 0 Å². The largest absolute Gasteiger partial charge is 0.314 e. The zero-order valence-corrected chi connectivity index (χ0v) is 14.2. The minimum Gasteiger partial charge on any atom is -0.314 e. The van der Waals surface area contributed by atoms with E-state index in [1.807, 2.05) is 0 Å². The molecule has 1 saturated heterocycles. The van der Waals surface area contributed by atoms with E-state index in [0.717, 1.165) is 32.6 Å². The van der Waals surface area contributed by atoms with Crippen LogP contribution in [0.4, 0.5) is 8.78 Å². The van der Waals surface area contributed by atoms with E-state index in [1.54, 1.807) is 0 Å². The van der Waals surface area contributed by atoms with Gasteiger partial charge in [0.05, 0.1) is 4.47 Å². The second-order valence-corrected chi connectivity index (χ2v) is 6.59. The normalized spacial score (nSPS) is 20.9. The lowest BCUT2D eigenvalue weighted by Gasteiger charge is -2.35. The second-order valence-electron chi connectivity index (χ2n) is 5.74. The Morgan fingerprint density at radius 2 is 1.90 bits per heavy atom. The zero-order chi connectivity index (χ0) is 14.1. The molecule has 2 nitrogen and oxygen atoms in total. The lowest BCUT2D eigenvalue weighted by molar-refractivity contribution is 0.154. The van der Waals surface area contributed by atoms with Crippen LogP contribution in [0.15, 0.2) is 16.6 Å². The van der Waals surface area contributed by atoms with E-state index in [0.29, 0.717) is 10.4 Å². The van der Waals surface area contributed by atoms with Crippen molar-refractivity contribution in [3.05, 3.63) is 33.8 Å². The Bertz CT molecular complexity index is 491. The maximum Gasteiger partial charge on any atom is 0.145 e. The highest BCUT2D eigenvalue weighted by Crippen LogP contribution is 2.42. The van der Waals surface area contributed by atoms with Gasteiger partial charge in [0.25, 0.3) is 0 Å². The molecule has 2 aliphatic rings. The molecule has 0 aromatic heterocycles. The molecular weight excluding hydrogens is 362 g/mol. The number of rotatable bonds is 4. The summed E-state index contributed by atoms with van der Waals surface area (Å²) in [6.45, 7) is 3.47. The van der Waals surface area contributed by atoms with Crippen molar-refractivity contribution >= 4 is 28.3 Å². The molecule has 0 amide bonds. The van der Waals surface area contributed by atoms with Gasteiger partial charge in [0.1, 0.15) is 11.6 Å². The molecular formula is C15H20BrClF2N2. The second kappa shape index (κ2) is 7.36. The fourth-order valence-electron chi connectivity index (χ4n) is 2.96. The third-order valence-corrected chi connectivity index (χ3v) is 4.87. The first-order chi connectivity index (χ1) is 9.66. The van der Waals surface area contributed by atoms with Gasteiger partial charge < -0.3 is 5.32 Å². The summed E-state index contributed by atoms with van der Waals surface area (Å²) in [6.07, 6.45) is 3.25. The standard InChI is InChI=1S/C15H19BrF2N2.ClH/c16-11-3-4-12(17)14(15(11)18)13(9-10-1-2-10)20-7-5-19-6-8-20;/h3-4,10,13,19H,1-2,5-9H2;1H/t13-;/m0./s1. The Labute approximate surface area is 138 Å². The van der Waals surface area contributed by atoms with Gasteiger partial charge >= 0.3 is 0 Å². The third kappa shape index (κ3) is 3.95. The van der Waals surface area contributed by atoms with E-state index >= 15 is 0 Å². The summed E-state index contributed by atoms with van der Waals surface area (Å²) >= 11 is 3.18. The number of halogens is 4. The van der Waals surface area contributed by atoms with Gasteiger partial charge in [-0.3, -0.25) is 4.90 Å². The monoisotopic (exact) mass is 380 g/mol. The van der Waals surface area contributed by atoms with Crippen molar-refractivity contribution < 1.29 is 8.78 Å². The molecule has 0 radical (unpaired) electrons. The summed E-state index contributed by atoms with van der Waals surface area (Å²) in [5, 5.41) is 3.29. The molecule has 2 fully saturated rings. The first kappa shape index (κ1) is 17.1. The molecule has 1 aliphatic carbocycles. The quantitative estimate of drug-likeness (QED) is 0.796. The Hall–Kier alpha value is -0.230. The van der Waals surface area contributed by atoms with Gasteiger partial charge in [-0.15, -0.1) is 12.4 Å². The first-order valence-electron chi connectivity index (χ1n) is 7.25. The summed E-state index contributed by atoms with van der Waals surface area (Å²) in [7, 11) is 0. The maximum atomic E-state index is 14.4. The lowest BCUT2D eigenvalue weighted by atomic mass is 9.97. The summed E-state index contributed by atoms with van der Waals surface area (Å²) in [5.41, 5.74) is 0.244. The molecule has 0 bridgehead atoms. The Balaban J connectivity index is 0.00000161. The van der Waals surface area contributed by atoms with E-state index in [-0.39, 0.29) is 24.0 Å². The van der Waals surface area contributed by atoms with Crippen molar-refractivity contribution in [2.45, 2.75) is 25.3 Å². The molecule has 1 atom stereocenters. The van der Waals surface area contributed by atoms with Crippen LogP contribution in [0.3, 0.4) is 0 Å². The predicted molar refractivity (Wildman–Crippen MR) is 85.8 cm³/mol. The van der Waals surface area contributed by atoms with Crippen LogP contribution in [0.2, 0.25) is 0 Å². The summed E-state index contributed by atoms with van der Waals surface area (Å²) in [4.78, 5) is 2.22. The average molecular weight is 382 g/mol. The van der Waals surface area contributed by atoms with Gasteiger partial charge in [0, 0.05) is 37.8 Å². The number of benzene rings is 1. The molecule has 1 saturated carbocycles. The molecule has 1 aliphatic heterocycles. The van der Waals surface area contributed by atoms with Crippen molar-refractivity contribution in [3.63, 3.8) is 0 Å². The van der Waals surface area contributed by atoms with Crippen LogP contribution in [0.25, 0.3) is 0 Å². The molecule has 21 heavy (non-hydrogen) atoms. The molecule has 118 valence electrons. The zero-order valence-electron chi connectivity index (χ0n) is 11.7. The van der Waals surface area contributed by atoms with E-state index in [1.165, 1.54) is 25.0 Å². The van der Waals surface area contributed by atoms with Crippen LogP contribution in [0.5, 0.6) is 0 Å². The number of hydrogen-bond acceptors (Lipinski definition) is 2. The van der Waals surface area contributed by atoms with Crippen molar-refractivity contribution in [3.8, 4) is 0 Å². The fraction of sp³-hybridized carbons (Fsp3) is 0.600. The van der Waals surface area contributed by atoms with Crippen LogP contribution in [-0.2, 0) is 0 Å². The minimum absolute atomic E-state index is 0. The van der Waals surface area contributed by atoms with E-state index in [9.17, 15) is 8.78 Å². The third-order valence-electron chi connectivity index (χ3n) is 4.26. The molecule has 1 aromatic carbocycles. The van der Waals surface area contributed by atoms with Gasteiger partial charge in [0.2, 0.25) is 0 Å². The molecule has 1 aromatic rings. The summed E-state index contributed by atoms with van der Waals surface area (Å²) < 4.78 is 29.0. The fourth-order valence-corrected chi connectivity index (χ4v) is 3.31. The van der Waals surface area contributed by atoms with Crippen molar-refractivity contribution in [1.82, 2.24) is 10.2 Å². The number of hydrogen-bond donors (Lipinski definition) is 1. The average Bonchev–Trinajstić information content (AvgIpc) is 3.27. The number of piperazine rings is 1. The summed E-state index contributed by atoms with van der Waals surface area (Å²) in [6, 6.07) is 2.67. The van der Waals surface area contributed by atoms with E-state index in [2.05, 4.69) is 26.1 Å². The molecule has 1 N–H and O–H groups in total. The Morgan fingerprint density at radius 3 is 2.52 bits per heavy atom. The van der Waals surface area contributed by atoms with Crippen LogP contribution in [0.1, 0.15) is 30.9 Å². The predicted octanol–water partition coefficient (Wildman–Crippen LogP) is 3.90. The number of nitrogens with one attached hydrogen (secondary N) is 1. The highest BCUT2D eigenvalue weighted by atomic mass is 79.9. The minimum atomic E-state index is -0.436. The highest BCUT2D eigenvalue weighted by Gasteiger charge is 2.33. The smallest absolute Gasteiger partial charge is 0.145 e. The number of nitrogens with zero attached hydrogens (tertiary/aromatic N) is 1. The van der Waals surface area contributed by atoms with Crippen LogP contribution >= 0.6 is 28.3 Å². The molecule has 0 spiro atoms. The van der Waals surface area contributed by atoms with Gasteiger partial charge in [-0.1, -0.05) is 12.8 Å². The maximum absolute atomic E-state index is 14.4. The van der Waals surface area contributed by atoms with Crippen LogP contribution in [-0.4, -0.2) is 31.1 Å². The van der Waals surface area contributed by atoms with Crippen LogP contribution < -0.4 is 5.32 Å². The van der Waals surface area contributed by atoms with Gasteiger partial charge in [-0.25, -0.2) is 8.78 Å². The molecule has 1 heterocycles. The molecule has 3 rings (SSSR count).